The van der Waals surface area contributed by atoms with Crippen LogP contribution in [0.25, 0.3) is 0 Å². The van der Waals surface area contributed by atoms with Crippen LogP contribution in [0.15, 0.2) is 90.3 Å². The Kier molecular flexibility index (Phi) is 10.2. The van der Waals surface area contributed by atoms with Crippen LogP contribution in [0.2, 0.25) is 0 Å². The van der Waals surface area contributed by atoms with E-state index in [9.17, 15) is 8.60 Å². The molecule has 0 bridgehead atoms. The van der Waals surface area contributed by atoms with Crippen molar-refractivity contribution in [2.75, 3.05) is 6.54 Å². The van der Waals surface area contributed by atoms with E-state index in [2.05, 4.69) is 16.6 Å². The first-order chi connectivity index (χ1) is 17.1. The highest BCUT2D eigenvalue weighted by Crippen LogP contribution is 2.35. The van der Waals surface area contributed by atoms with Crippen molar-refractivity contribution < 1.29 is 23.5 Å². The summed E-state index contributed by atoms with van der Waals surface area (Å²) in [6.45, 7) is 3.71. The van der Waals surface area contributed by atoms with Crippen LogP contribution in [0.4, 0.5) is 4.39 Å². The van der Waals surface area contributed by atoms with Gasteiger partial charge in [-0.1, -0.05) is 43.3 Å². The molecular formula is C27H30FN3O4S. The van der Waals surface area contributed by atoms with E-state index in [1.54, 1.807) is 24.7 Å². The predicted molar refractivity (Wildman–Crippen MR) is 138 cm³/mol. The van der Waals surface area contributed by atoms with Crippen molar-refractivity contribution in [1.29, 1.82) is 0 Å². The molecule has 36 heavy (non-hydrogen) atoms. The number of imidazole rings is 1. The molecule has 1 aromatic heterocycles. The van der Waals surface area contributed by atoms with E-state index in [0.717, 1.165) is 30.5 Å². The number of hydrogen-bond donors (Lipinski definition) is 1. The number of benzene rings is 3. The Labute approximate surface area is 212 Å². The first kappa shape index (κ1) is 27.1. The minimum Gasteiger partial charge on any atom is -0.485 e. The highest BCUT2D eigenvalue weighted by Gasteiger charge is 2.14. The molecule has 3 N–H and O–H groups in total. The molecule has 9 heteroatoms. The van der Waals surface area contributed by atoms with Crippen molar-refractivity contribution in [2.45, 2.75) is 37.8 Å². The zero-order chi connectivity index (χ0) is 24.5. The van der Waals surface area contributed by atoms with Crippen molar-refractivity contribution in [2.24, 2.45) is 0 Å². The average molecular weight is 512 g/mol. The standard InChI is InChI=1S/C27H28FN3O3S.H2O/c1-2-21-9-11-26(27(17-21)33-19-22-7-4-3-5-8-22)34-25-12-10-23(18-24(25)28)35(32)30-13-6-15-31-16-14-29-20-31;/h3-5,7-12,14,16-18,20,30H,2,6,13,15,19H2,1H3;1H2. The molecule has 0 aliphatic rings. The van der Waals surface area contributed by atoms with Crippen LogP contribution in [-0.2, 0) is 30.6 Å². The third-order valence-electron chi connectivity index (χ3n) is 5.38. The van der Waals surface area contributed by atoms with E-state index in [1.165, 1.54) is 12.1 Å². The largest absolute Gasteiger partial charge is 0.485 e. The van der Waals surface area contributed by atoms with Crippen LogP contribution in [0.5, 0.6) is 17.2 Å². The fourth-order valence-electron chi connectivity index (χ4n) is 3.43. The lowest BCUT2D eigenvalue weighted by molar-refractivity contribution is 0.289. The Morgan fingerprint density at radius 3 is 2.53 bits per heavy atom. The number of aromatic nitrogens is 2. The lowest BCUT2D eigenvalue weighted by atomic mass is 10.1. The summed E-state index contributed by atoms with van der Waals surface area (Å²) in [6.07, 6.45) is 6.93. The van der Waals surface area contributed by atoms with Crippen LogP contribution >= 0.6 is 0 Å². The molecule has 7 nitrogen and oxygen atoms in total. The van der Waals surface area contributed by atoms with Gasteiger partial charge < -0.3 is 19.5 Å². The highest BCUT2D eigenvalue weighted by molar-refractivity contribution is 7.83. The van der Waals surface area contributed by atoms with Gasteiger partial charge in [0.2, 0.25) is 0 Å². The summed E-state index contributed by atoms with van der Waals surface area (Å²) in [6, 6.07) is 19.8. The fourth-order valence-corrected chi connectivity index (χ4v) is 4.33. The predicted octanol–water partition coefficient (Wildman–Crippen LogP) is 4.83. The highest BCUT2D eigenvalue weighted by atomic mass is 32.2. The second-order valence-corrected chi connectivity index (χ2v) is 9.22. The molecule has 0 saturated carbocycles. The molecule has 190 valence electrons. The summed E-state index contributed by atoms with van der Waals surface area (Å²) in [7, 11) is -1.52. The topological polar surface area (TPSA) is 96.9 Å². The number of nitrogens with zero attached hydrogens (tertiary/aromatic N) is 2. The first-order valence-corrected chi connectivity index (χ1v) is 12.7. The van der Waals surface area contributed by atoms with Crippen LogP contribution in [0, 0.1) is 5.82 Å². The number of aryl methyl sites for hydroxylation is 2. The van der Waals surface area contributed by atoms with E-state index in [0.29, 0.717) is 29.5 Å². The molecule has 0 amide bonds. The Hall–Kier alpha value is -3.53. The summed E-state index contributed by atoms with van der Waals surface area (Å²) >= 11 is 0. The lowest BCUT2D eigenvalue weighted by Crippen LogP contribution is -2.20. The van der Waals surface area contributed by atoms with Crippen LogP contribution in [-0.4, -0.2) is 25.8 Å². The SMILES string of the molecule is CCc1ccc(Oc2ccc(S(=O)NCCCn3ccnc3)cc2F)c(OCc2ccccc2)c1.O. The van der Waals surface area contributed by atoms with E-state index < -0.39 is 16.8 Å². The van der Waals surface area contributed by atoms with E-state index >= 15 is 0 Å². The van der Waals surface area contributed by atoms with Gasteiger partial charge in [0.15, 0.2) is 23.1 Å². The maximum atomic E-state index is 14.9. The molecule has 1 unspecified atom stereocenters. The summed E-state index contributed by atoms with van der Waals surface area (Å²) in [5.74, 6) is 0.410. The molecule has 0 aliphatic carbocycles. The summed E-state index contributed by atoms with van der Waals surface area (Å²) in [5, 5.41) is 0. The van der Waals surface area contributed by atoms with Gasteiger partial charge in [-0.2, -0.15) is 0 Å². The zero-order valence-electron chi connectivity index (χ0n) is 20.0. The minimum absolute atomic E-state index is 0. The Morgan fingerprint density at radius 1 is 1.00 bits per heavy atom. The van der Waals surface area contributed by atoms with Gasteiger partial charge in [-0.05, 0) is 54.3 Å². The molecule has 3 aromatic carbocycles. The summed E-state index contributed by atoms with van der Waals surface area (Å²) in [5.41, 5.74) is 2.11. The molecule has 0 radical (unpaired) electrons. The van der Waals surface area contributed by atoms with Gasteiger partial charge in [0.25, 0.3) is 0 Å². The summed E-state index contributed by atoms with van der Waals surface area (Å²) < 4.78 is 44.1. The van der Waals surface area contributed by atoms with E-state index in [1.807, 2.05) is 53.2 Å². The molecule has 0 aliphatic heterocycles. The lowest BCUT2D eigenvalue weighted by Gasteiger charge is -2.15. The Morgan fingerprint density at radius 2 is 1.81 bits per heavy atom. The molecular weight excluding hydrogens is 481 g/mol. The average Bonchev–Trinajstić information content (AvgIpc) is 3.41. The number of nitrogens with one attached hydrogen (secondary N) is 1. The second kappa shape index (κ2) is 13.5. The van der Waals surface area contributed by atoms with Gasteiger partial charge in [-0.15, -0.1) is 0 Å². The number of ether oxygens (including phenoxy) is 2. The van der Waals surface area contributed by atoms with Crippen molar-refractivity contribution in [3.05, 3.63) is 102 Å². The van der Waals surface area contributed by atoms with Gasteiger partial charge in [-0.3, -0.25) is 0 Å². The maximum absolute atomic E-state index is 14.9. The first-order valence-electron chi connectivity index (χ1n) is 11.5. The molecule has 1 heterocycles. The smallest absolute Gasteiger partial charge is 0.169 e. The van der Waals surface area contributed by atoms with Gasteiger partial charge in [-0.25, -0.2) is 18.3 Å². The minimum atomic E-state index is -1.52. The van der Waals surface area contributed by atoms with Gasteiger partial charge in [0, 0.05) is 25.5 Å². The van der Waals surface area contributed by atoms with Crippen molar-refractivity contribution in [3.8, 4) is 17.2 Å². The van der Waals surface area contributed by atoms with Crippen LogP contribution in [0.3, 0.4) is 0 Å². The van der Waals surface area contributed by atoms with Crippen LogP contribution in [0.1, 0.15) is 24.5 Å². The second-order valence-electron chi connectivity index (χ2n) is 7.92. The zero-order valence-corrected chi connectivity index (χ0v) is 20.8. The Balaban J connectivity index is 0.00000361. The number of halogens is 1. The molecule has 0 saturated heterocycles. The third kappa shape index (κ3) is 7.48. The van der Waals surface area contributed by atoms with Crippen molar-refractivity contribution in [3.63, 3.8) is 0 Å². The third-order valence-corrected chi connectivity index (χ3v) is 6.52. The van der Waals surface area contributed by atoms with Gasteiger partial charge in [0.05, 0.1) is 11.2 Å². The molecule has 0 spiro atoms. The van der Waals surface area contributed by atoms with Crippen molar-refractivity contribution in [1.82, 2.24) is 14.3 Å². The fraction of sp³-hybridized carbons (Fsp3) is 0.222. The number of hydrogen-bond acceptors (Lipinski definition) is 4. The summed E-state index contributed by atoms with van der Waals surface area (Å²) in [4.78, 5) is 4.34. The van der Waals surface area contributed by atoms with E-state index in [-0.39, 0.29) is 11.2 Å². The van der Waals surface area contributed by atoms with E-state index in [4.69, 9.17) is 9.47 Å². The molecule has 0 fully saturated rings. The quantitative estimate of drug-likeness (QED) is 0.276. The molecule has 4 rings (SSSR count). The van der Waals surface area contributed by atoms with Crippen molar-refractivity contribution >= 4 is 11.0 Å². The molecule has 1 atom stereocenters. The maximum Gasteiger partial charge on any atom is 0.169 e. The Bertz CT molecular complexity index is 1250. The number of rotatable bonds is 12. The normalized spacial score (nSPS) is 11.5. The van der Waals surface area contributed by atoms with Gasteiger partial charge >= 0.3 is 0 Å². The molecule has 4 aromatic rings. The monoisotopic (exact) mass is 511 g/mol. The van der Waals surface area contributed by atoms with Gasteiger partial charge in [0.1, 0.15) is 17.6 Å². The van der Waals surface area contributed by atoms with Crippen LogP contribution < -0.4 is 14.2 Å².